The minimum atomic E-state index is -2.18. The summed E-state index contributed by atoms with van der Waals surface area (Å²) >= 11 is 0. The third-order valence-corrected chi connectivity index (χ3v) is 4.11. The maximum atomic E-state index is 12.6. The highest BCUT2D eigenvalue weighted by molar-refractivity contribution is 5.41. The zero-order valence-corrected chi connectivity index (χ0v) is 12.3. The lowest BCUT2D eigenvalue weighted by Crippen LogP contribution is -2.35. The van der Waals surface area contributed by atoms with Crippen LogP contribution in [0.5, 0.6) is 5.75 Å². The predicted octanol–water partition coefficient (Wildman–Crippen LogP) is 3.18. The van der Waals surface area contributed by atoms with E-state index in [1.807, 2.05) is 20.0 Å². The Balaban J connectivity index is 2.01. The number of ether oxygens (including phenoxy) is 1. The quantitative estimate of drug-likeness (QED) is 0.849. The smallest absolute Gasteiger partial charge is 0.241 e. The summed E-state index contributed by atoms with van der Waals surface area (Å²) in [5, 5.41) is 0. The van der Waals surface area contributed by atoms with Crippen molar-refractivity contribution >= 4 is 0 Å². The van der Waals surface area contributed by atoms with E-state index in [1.165, 1.54) is 0 Å². The van der Waals surface area contributed by atoms with Crippen molar-refractivity contribution < 1.29 is 13.5 Å². The minimum Gasteiger partial charge on any atom is -0.496 e. The molecule has 1 aliphatic rings. The van der Waals surface area contributed by atoms with E-state index in [-0.39, 0.29) is 0 Å². The summed E-state index contributed by atoms with van der Waals surface area (Å²) in [6.07, 6.45) is 0.767. The van der Waals surface area contributed by atoms with E-state index in [9.17, 15) is 8.78 Å². The van der Waals surface area contributed by atoms with E-state index in [0.29, 0.717) is 32.5 Å². The Morgan fingerprint density at radius 3 is 2.55 bits per heavy atom. The number of pyridine rings is 1. The van der Waals surface area contributed by atoms with Gasteiger partial charge in [-0.1, -0.05) is 0 Å². The molecule has 112 valence electrons. The van der Waals surface area contributed by atoms with Gasteiger partial charge in [0.05, 0.1) is 12.8 Å². The fourth-order valence-electron chi connectivity index (χ4n) is 2.81. The van der Waals surface area contributed by atoms with Crippen LogP contribution in [-0.2, 0) is 6.54 Å². The van der Waals surface area contributed by atoms with Gasteiger partial charge in [-0.25, -0.2) is 8.78 Å². The van der Waals surface area contributed by atoms with Crippen molar-refractivity contribution in [2.24, 2.45) is 5.92 Å². The first-order valence-electron chi connectivity index (χ1n) is 7.02. The molecule has 0 saturated carbocycles. The van der Waals surface area contributed by atoms with Crippen molar-refractivity contribution in [3.63, 3.8) is 0 Å². The van der Waals surface area contributed by atoms with Crippen molar-refractivity contribution in [2.75, 3.05) is 20.2 Å². The molecule has 1 aromatic heterocycles. The average Bonchev–Trinajstić information content (AvgIpc) is 2.43. The molecule has 0 aliphatic carbocycles. The van der Waals surface area contributed by atoms with Crippen LogP contribution in [0.15, 0.2) is 6.20 Å². The van der Waals surface area contributed by atoms with E-state index in [1.54, 1.807) is 7.11 Å². The Labute approximate surface area is 118 Å². The third kappa shape index (κ3) is 3.26. The van der Waals surface area contributed by atoms with Crippen LogP contribution in [0.25, 0.3) is 0 Å². The topological polar surface area (TPSA) is 25.4 Å². The number of halogens is 2. The van der Waals surface area contributed by atoms with E-state index in [0.717, 1.165) is 22.6 Å². The fraction of sp³-hybridized carbons (Fsp3) is 0.667. The zero-order chi connectivity index (χ0) is 14.7. The van der Waals surface area contributed by atoms with Crippen LogP contribution in [0.3, 0.4) is 0 Å². The largest absolute Gasteiger partial charge is 0.496 e. The third-order valence-electron chi connectivity index (χ3n) is 4.11. The Hall–Kier alpha value is -1.23. The molecule has 20 heavy (non-hydrogen) atoms. The number of hydrogen-bond acceptors (Lipinski definition) is 3. The molecule has 0 unspecified atom stereocenters. The van der Waals surface area contributed by atoms with E-state index in [4.69, 9.17) is 4.74 Å². The maximum absolute atomic E-state index is 12.6. The summed E-state index contributed by atoms with van der Waals surface area (Å²) in [6, 6.07) is 0. The number of hydrogen-bond donors (Lipinski definition) is 0. The lowest BCUT2D eigenvalue weighted by molar-refractivity contribution is 0.0333. The van der Waals surface area contributed by atoms with Crippen molar-refractivity contribution in [1.29, 1.82) is 0 Å². The van der Waals surface area contributed by atoms with Crippen LogP contribution in [0, 0.1) is 19.8 Å². The van der Waals surface area contributed by atoms with Gasteiger partial charge in [0, 0.05) is 29.8 Å². The van der Waals surface area contributed by atoms with Gasteiger partial charge in [0.15, 0.2) is 0 Å². The molecule has 0 N–H and O–H groups in total. The van der Waals surface area contributed by atoms with E-state index >= 15 is 0 Å². The maximum Gasteiger partial charge on any atom is 0.241 e. The zero-order valence-electron chi connectivity index (χ0n) is 12.3. The number of likely N-dealkylation sites (tertiary alicyclic amines) is 1. The van der Waals surface area contributed by atoms with Crippen LogP contribution in [0.2, 0.25) is 0 Å². The predicted molar refractivity (Wildman–Crippen MR) is 74.3 cm³/mol. The molecule has 1 saturated heterocycles. The molecule has 1 aliphatic heterocycles. The van der Waals surface area contributed by atoms with Crippen molar-refractivity contribution in [3.05, 3.63) is 23.0 Å². The van der Waals surface area contributed by atoms with Crippen LogP contribution < -0.4 is 4.74 Å². The minimum absolute atomic E-state index is 0.437. The van der Waals surface area contributed by atoms with E-state index in [2.05, 4.69) is 9.88 Å². The van der Waals surface area contributed by atoms with Crippen LogP contribution in [0.1, 0.15) is 29.7 Å². The van der Waals surface area contributed by atoms with Gasteiger partial charge in [-0.3, -0.25) is 9.88 Å². The number of piperidine rings is 1. The summed E-state index contributed by atoms with van der Waals surface area (Å²) in [7, 11) is 1.66. The van der Waals surface area contributed by atoms with Gasteiger partial charge >= 0.3 is 0 Å². The number of rotatable bonds is 4. The second-order valence-electron chi connectivity index (χ2n) is 5.49. The highest BCUT2D eigenvalue weighted by Gasteiger charge is 2.26. The van der Waals surface area contributed by atoms with Gasteiger partial charge in [-0.15, -0.1) is 0 Å². The molecule has 2 rings (SSSR count). The molecule has 0 radical (unpaired) electrons. The Bertz CT molecular complexity index is 457. The molecule has 0 bridgehead atoms. The average molecular weight is 284 g/mol. The lowest BCUT2D eigenvalue weighted by Gasteiger charge is -2.31. The molecule has 0 spiro atoms. The summed E-state index contributed by atoms with van der Waals surface area (Å²) in [6.45, 7) is 6.11. The Morgan fingerprint density at radius 1 is 1.35 bits per heavy atom. The monoisotopic (exact) mass is 284 g/mol. The Kier molecular flexibility index (Phi) is 4.91. The lowest BCUT2D eigenvalue weighted by atomic mass is 9.97. The molecule has 0 amide bonds. The molecule has 0 aromatic carbocycles. The highest BCUT2D eigenvalue weighted by Crippen LogP contribution is 2.27. The molecule has 0 atom stereocenters. The van der Waals surface area contributed by atoms with Crippen molar-refractivity contribution in [3.8, 4) is 5.75 Å². The van der Waals surface area contributed by atoms with Gasteiger partial charge < -0.3 is 4.74 Å². The summed E-state index contributed by atoms with van der Waals surface area (Å²) in [5.74, 6) is 0.435. The summed E-state index contributed by atoms with van der Waals surface area (Å²) in [4.78, 5) is 6.66. The first-order chi connectivity index (χ1) is 9.52. The van der Waals surface area contributed by atoms with Gasteiger partial charge in [-0.05, 0) is 39.8 Å². The molecule has 1 fully saturated rings. The van der Waals surface area contributed by atoms with Crippen LogP contribution in [-0.4, -0.2) is 36.5 Å². The Morgan fingerprint density at radius 2 is 2.00 bits per heavy atom. The van der Waals surface area contributed by atoms with Gasteiger partial charge in [-0.2, -0.15) is 0 Å². The molecule has 2 heterocycles. The number of aromatic nitrogens is 1. The van der Waals surface area contributed by atoms with Crippen LogP contribution >= 0.6 is 0 Å². The normalized spacial score (nSPS) is 17.7. The highest BCUT2D eigenvalue weighted by atomic mass is 19.3. The first-order valence-corrected chi connectivity index (χ1v) is 7.02. The van der Waals surface area contributed by atoms with Crippen molar-refractivity contribution in [1.82, 2.24) is 9.88 Å². The summed E-state index contributed by atoms with van der Waals surface area (Å²) in [5.41, 5.74) is 3.04. The SMILES string of the molecule is COc1c(C)cnc(CN2CCC(C(F)F)CC2)c1C. The van der Waals surface area contributed by atoms with E-state index < -0.39 is 12.3 Å². The van der Waals surface area contributed by atoms with Gasteiger partial charge in [0.2, 0.25) is 6.43 Å². The molecular formula is C15H22F2N2O. The van der Waals surface area contributed by atoms with Crippen LogP contribution in [0.4, 0.5) is 8.78 Å². The number of methoxy groups -OCH3 is 1. The van der Waals surface area contributed by atoms with Gasteiger partial charge in [0.1, 0.15) is 5.75 Å². The number of nitrogens with zero attached hydrogens (tertiary/aromatic N) is 2. The second-order valence-corrected chi connectivity index (χ2v) is 5.49. The molecule has 1 aromatic rings. The standard InChI is InChI=1S/C15H22F2N2O/c1-10-8-18-13(11(2)14(10)20-3)9-19-6-4-12(5-7-19)15(16)17/h8,12,15H,4-7,9H2,1-3H3. The number of aryl methyl sites for hydroxylation is 1. The number of alkyl halides is 2. The molecule has 3 nitrogen and oxygen atoms in total. The molecule has 5 heteroatoms. The summed E-state index contributed by atoms with van der Waals surface area (Å²) < 4.78 is 30.7. The first kappa shape index (κ1) is 15.2. The van der Waals surface area contributed by atoms with Gasteiger partial charge in [0.25, 0.3) is 0 Å². The van der Waals surface area contributed by atoms with Crippen molar-refractivity contribution in [2.45, 2.75) is 39.7 Å². The fourth-order valence-corrected chi connectivity index (χ4v) is 2.81. The second kappa shape index (κ2) is 6.48. The molecular weight excluding hydrogens is 262 g/mol.